The van der Waals surface area contributed by atoms with Gasteiger partial charge < -0.3 is 10.2 Å². The summed E-state index contributed by atoms with van der Waals surface area (Å²) >= 11 is 0. The van der Waals surface area contributed by atoms with Crippen molar-refractivity contribution in [1.29, 1.82) is 0 Å². The molecule has 0 spiro atoms. The Kier molecular flexibility index (Phi) is 4.26. The zero-order chi connectivity index (χ0) is 14.7. The first-order chi connectivity index (χ1) is 10.2. The number of hydrogen-bond donors (Lipinski definition) is 1. The Morgan fingerprint density at radius 2 is 1.81 bits per heavy atom. The van der Waals surface area contributed by atoms with E-state index in [1.807, 2.05) is 0 Å². The van der Waals surface area contributed by atoms with Crippen LogP contribution in [0.5, 0.6) is 0 Å². The number of benzene rings is 2. The second kappa shape index (κ2) is 6.31. The highest BCUT2D eigenvalue weighted by Gasteiger charge is 2.19. The molecule has 0 bridgehead atoms. The Hall–Kier alpha value is -1.80. The number of nitrogens with zero attached hydrogens (tertiary/aromatic N) is 1. The first kappa shape index (κ1) is 14.2. The van der Waals surface area contributed by atoms with Crippen LogP contribution in [-0.4, -0.2) is 19.0 Å². The molecule has 1 N–H and O–H groups in total. The summed E-state index contributed by atoms with van der Waals surface area (Å²) in [4.78, 5) is 2.19. The number of anilines is 1. The molecule has 0 aromatic heterocycles. The molecule has 1 aliphatic rings. The molecule has 0 saturated carbocycles. The van der Waals surface area contributed by atoms with Crippen LogP contribution in [0.15, 0.2) is 48.5 Å². The number of fused-ring (bicyclic) bond motifs is 1. The van der Waals surface area contributed by atoms with Gasteiger partial charge in [0.2, 0.25) is 0 Å². The van der Waals surface area contributed by atoms with E-state index in [-0.39, 0.29) is 0 Å². The van der Waals surface area contributed by atoms with Gasteiger partial charge in [0.25, 0.3) is 0 Å². The van der Waals surface area contributed by atoms with Crippen LogP contribution in [0, 0.1) is 0 Å². The predicted molar refractivity (Wildman–Crippen MR) is 89.6 cm³/mol. The van der Waals surface area contributed by atoms with Crippen LogP contribution >= 0.6 is 0 Å². The maximum absolute atomic E-state index is 3.70. The van der Waals surface area contributed by atoms with Crippen molar-refractivity contribution in [2.24, 2.45) is 0 Å². The summed E-state index contributed by atoms with van der Waals surface area (Å²) in [5.74, 6) is 0. The first-order valence-electron chi connectivity index (χ1n) is 7.80. The highest BCUT2D eigenvalue weighted by molar-refractivity contribution is 5.48. The molecular weight excluding hydrogens is 256 g/mol. The molecule has 0 aliphatic heterocycles. The van der Waals surface area contributed by atoms with Crippen molar-refractivity contribution in [3.8, 4) is 0 Å². The van der Waals surface area contributed by atoms with E-state index in [0.717, 1.165) is 6.54 Å². The van der Waals surface area contributed by atoms with E-state index in [9.17, 15) is 0 Å². The van der Waals surface area contributed by atoms with Crippen molar-refractivity contribution in [2.45, 2.75) is 31.8 Å². The number of aryl methyl sites for hydroxylation is 1. The van der Waals surface area contributed by atoms with Gasteiger partial charge in [0.15, 0.2) is 0 Å². The Labute approximate surface area is 127 Å². The second-order valence-corrected chi connectivity index (χ2v) is 6.22. The van der Waals surface area contributed by atoms with Crippen LogP contribution in [0.1, 0.15) is 35.6 Å². The van der Waals surface area contributed by atoms with Crippen LogP contribution in [0.4, 0.5) is 5.69 Å². The maximum atomic E-state index is 3.70. The highest BCUT2D eigenvalue weighted by atomic mass is 15.0. The van der Waals surface area contributed by atoms with E-state index in [1.54, 1.807) is 0 Å². The molecule has 0 saturated heterocycles. The van der Waals surface area contributed by atoms with Crippen LogP contribution in [0.25, 0.3) is 0 Å². The molecule has 2 aromatic carbocycles. The molecule has 0 amide bonds. The lowest BCUT2D eigenvalue weighted by Gasteiger charge is -2.27. The van der Waals surface area contributed by atoms with Gasteiger partial charge in [-0.25, -0.2) is 0 Å². The fourth-order valence-corrected chi connectivity index (χ4v) is 3.18. The van der Waals surface area contributed by atoms with Gasteiger partial charge in [-0.1, -0.05) is 36.4 Å². The van der Waals surface area contributed by atoms with Crippen molar-refractivity contribution in [3.05, 3.63) is 65.2 Å². The summed E-state index contributed by atoms with van der Waals surface area (Å²) in [6.45, 7) is 0.993. The van der Waals surface area contributed by atoms with Gasteiger partial charge in [0, 0.05) is 12.2 Å². The number of rotatable bonds is 4. The third kappa shape index (κ3) is 3.45. The van der Waals surface area contributed by atoms with Crippen LogP contribution in [0.3, 0.4) is 0 Å². The molecule has 2 aromatic rings. The first-order valence-corrected chi connectivity index (χ1v) is 7.80. The average molecular weight is 280 g/mol. The molecule has 3 rings (SSSR count). The highest BCUT2D eigenvalue weighted by Crippen LogP contribution is 2.32. The van der Waals surface area contributed by atoms with Gasteiger partial charge >= 0.3 is 0 Å². The Morgan fingerprint density at radius 3 is 2.57 bits per heavy atom. The molecule has 110 valence electrons. The Morgan fingerprint density at radius 1 is 1.05 bits per heavy atom. The van der Waals surface area contributed by atoms with E-state index >= 15 is 0 Å². The minimum atomic E-state index is 0.453. The lowest BCUT2D eigenvalue weighted by Crippen LogP contribution is -2.17. The Bertz CT molecular complexity index is 587. The van der Waals surface area contributed by atoms with E-state index in [2.05, 4.69) is 72.8 Å². The zero-order valence-corrected chi connectivity index (χ0v) is 13.0. The van der Waals surface area contributed by atoms with Crippen molar-refractivity contribution < 1.29 is 0 Å². The summed E-state index contributed by atoms with van der Waals surface area (Å²) < 4.78 is 0. The van der Waals surface area contributed by atoms with Gasteiger partial charge in [-0.15, -0.1) is 0 Å². The summed E-state index contributed by atoms with van der Waals surface area (Å²) in [5, 5.41) is 3.70. The number of nitrogens with one attached hydrogen (secondary N) is 1. The minimum absolute atomic E-state index is 0.453. The summed E-state index contributed by atoms with van der Waals surface area (Å²) in [5.41, 5.74) is 5.56. The van der Waals surface area contributed by atoms with Crippen LogP contribution < -0.4 is 5.32 Å². The monoisotopic (exact) mass is 280 g/mol. The van der Waals surface area contributed by atoms with Gasteiger partial charge in [-0.3, -0.25) is 0 Å². The lowest BCUT2D eigenvalue weighted by atomic mass is 9.87. The van der Waals surface area contributed by atoms with Gasteiger partial charge in [-0.05, 0) is 62.2 Å². The van der Waals surface area contributed by atoms with E-state index in [4.69, 9.17) is 0 Å². The zero-order valence-electron chi connectivity index (χ0n) is 13.0. The fraction of sp³-hybridized carbons (Fsp3) is 0.368. The molecule has 1 atom stereocenters. The normalized spacial score (nSPS) is 17.6. The topological polar surface area (TPSA) is 15.3 Å². The van der Waals surface area contributed by atoms with Crippen LogP contribution in [0.2, 0.25) is 0 Å². The van der Waals surface area contributed by atoms with E-state index in [0.29, 0.717) is 6.04 Å². The summed E-state index contributed by atoms with van der Waals surface area (Å²) in [7, 11) is 4.20. The average Bonchev–Trinajstić information content (AvgIpc) is 2.49. The SMILES string of the molecule is CN(C)Cc1ccc(NC2CCCc3ccccc32)cc1. The van der Waals surface area contributed by atoms with Crippen molar-refractivity contribution in [3.63, 3.8) is 0 Å². The summed E-state index contributed by atoms with van der Waals surface area (Å²) in [6, 6.07) is 18.1. The van der Waals surface area contributed by atoms with Crippen molar-refractivity contribution in [2.75, 3.05) is 19.4 Å². The molecule has 0 radical (unpaired) electrons. The van der Waals surface area contributed by atoms with E-state index < -0.39 is 0 Å². The molecule has 2 nitrogen and oxygen atoms in total. The molecule has 21 heavy (non-hydrogen) atoms. The van der Waals surface area contributed by atoms with Gasteiger partial charge in [0.05, 0.1) is 6.04 Å². The van der Waals surface area contributed by atoms with Crippen molar-refractivity contribution >= 4 is 5.69 Å². The predicted octanol–water partition coefficient (Wildman–Crippen LogP) is 4.24. The quantitative estimate of drug-likeness (QED) is 0.901. The molecular formula is C19H24N2. The van der Waals surface area contributed by atoms with Crippen LogP contribution in [-0.2, 0) is 13.0 Å². The summed E-state index contributed by atoms with van der Waals surface area (Å²) in [6.07, 6.45) is 3.71. The molecule has 1 unspecified atom stereocenters. The molecule has 2 heteroatoms. The maximum Gasteiger partial charge on any atom is 0.0516 e. The fourth-order valence-electron chi connectivity index (χ4n) is 3.18. The third-order valence-electron chi connectivity index (χ3n) is 4.16. The Balaban J connectivity index is 1.73. The molecule has 0 heterocycles. The number of hydrogen-bond acceptors (Lipinski definition) is 2. The smallest absolute Gasteiger partial charge is 0.0516 e. The van der Waals surface area contributed by atoms with Gasteiger partial charge in [0.1, 0.15) is 0 Å². The second-order valence-electron chi connectivity index (χ2n) is 6.22. The third-order valence-corrected chi connectivity index (χ3v) is 4.16. The molecule has 0 fully saturated rings. The lowest BCUT2D eigenvalue weighted by molar-refractivity contribution is 0.402. The molecule has 1 aliphatic carbocycles. The largest absolute Gasteiger partial charge is 0.378 e. The van der Waals surface area contributed by atoms with E-state index in [1.165, 1.54) is 41.6 Å². The van der Waals surface area contributed by atoms with Crippen molar-refractivity contribution in [1.82, 2.24) is 4.90 Å². The minimum Gasteiger partial charge on any atom is -0.378 e. The standard InChI is InChI=1S/C19H24N2/c1-21(2)14-15-10-12-17(13-11-15)20-19-9-5-7-16-6-3-4-8-18(16)19/h3-4,6,8,10-13,19-20H,5,7,9,14H2,1-2H3. The van der Waals surface area contributed by atoms with Gasteiger partial charge in [-0.2, -0.15) is 0 Å².